The van der Waals surface area contributed by atoms with E-state index in [1.54, 1.807) is 12.1 Å². The Labute approximate surface area is 144 Å². The number of halogens is 3. The lowest BCUT2D eigenvalue weighted by atomic mass is 10.1. The van der Waals surface area contributed by atoms with Crippen molar-refractivity contribution in [3.63, 3.8) is 0 Å². The van der Waals surface area contributed by atoms with Gasteiger partial charge in [0.1, 0.15) is 5.82 Å². The van der Waals surface area contributed by atoms with E-state index in [4.69, 9.17) is 34.8 Å². The van der Waals surface area contributed by atoms with Crippen molar-refractivity contribution >= 4 is 34.8 Å². The summed E-state index contributed by atoms with van der Waals surface area (Å²) in [6, 6.07) is 13.8. The number of aromatic amines is 1. The van der Waals surface area contributed by atoms with Crippen LogP contribution in [0.2, 0.25) is 15.1 Å². The van der Waals surface area contributed by atoms with Crippen molar-refractivity contribution in [2.75, 3.05) is 0 Å². The average Bonchev–Trinajstić information content (AvgIpc) is 2.86. The molecule has 0 saturated heterocycles. The number of aryl methyl sites for hydroxylation is 1. The van der Waals surface area contributed by atoms with E-state index in [9.17, 15) is 0 Å². The Kier molecular flexibility index (Phi) is 4.44. The molecule has 0 spiro atoms. The number of nitrogens with zero attached hydrogens (tertiary/aromatic N) is 1. The quantitative estimate of drug-likeness (QED) is 0.581. The molecule has 5 heteroatoms. The van der Waals surface area contributed by atoms with Crippen LogP contribution in [-0.4, -0.2) is 9.97 Å². The van der Waals surface area contributed by atoms with Crippen molar-refractivity contribution in [3.05, 3.63) is 74.6 Å². The van der Waals surface area contributed by atoms with E-state index in [0.717, 1.165) is 29.2 Å². The van der Waals surface area contributed by atoms with Gasteiger partial charge in [0.2, 0.25) is 0 Å². The number of hydrogen-bond acceptors (Lipinski definition) is 1. The van der Waals surface area contributed by atoms with E-state index in [2.05, 4.69) is 22.1 Å². The lowest BCUT2D eigenvalue weighted by Crippen LogP contribution is -1.90. The molecular formula is C17H13Cl3N2. The topological polar surface area (TPSA) is 28.7 Å². The molecule has 0 aliphatic heterocycles. The van der Waals surface area contributed by atoms with Gasteiger partial charge in [0.05, 0.1) is 20.8 Å². The summed E-state index contributed by atoms with van der Waals surface area (Å²) in [4.78, 5) is 7.99. The number of aromatic nitrogens is 2. The first-order chi connectivity index (χ1) is 10.5. The van der Waals surface area contributed by atoms with Crippen LogP contribution in [0.3, 0.4) is 0 Å². The SMILES string of the molecule is Cc1[nH]c(Cc2ccccc2)nc1-c1cc(Cl)c(Cl)c(Cl)c1. The van der Waals surface area contributed by atoms with Crippen molar-refractivity contribution in [2.45, 2.75) is 13.3 Å². The second-order valence-corrected chi connectivity index (χ2v) is 6.27. The Morgan fingerprint density at radius 1 is 1.00 bits per heavy atom. The van der Waals surface area contributed by atoms with Gasteiger partial charge < -0.3 is 4.98 Å². The Balaban J connectivity index is 1.96. The van der Waals surface area contributed by atoms with Crippen LogP contribution in [-0.2, 0) is 6.42 Å². The highest BCUT2D eigenvalue weighted by Gasteiger charge is 2.13. The lowest BCUT2D eigenvalue weighted by Gasteiger charge is -2.04. The number of rotatable bonds is 3. The van der Waals surface area contributed by atoms with Crippen molar-refractivity contribution in [3.8, 4) is 11.3 Å². The van der Waals surface area contributed by atoms with Gasteiger partial charge in [-0.15, -0.1) is 0 Å². The minimum Gasteiger partial charge on any atom is -0.345 e. The number of H-pyrrole nitrogens is 1. The fourth-order valence-corrected chi connectivity index (χ4v) is 2.96. The van der Waals surface area contributed by atoms with Gasteiger partial charge in [-0.1, -0.05) is 65.1 Å². The van der Waals surface area contributed by atoms with Crippen LogP contribution in [0.15, 0.2) is 42.5 Å². The van der Waals surface area contributed by atoms with Gasteiger partial charge in [0.25, 0.3) is 0 Å². The maximum absolute atomic E-state index is 6.10. The van der Waals surface area contributed by atoms with Gasteiger partial charge in [-0.3, -0.25) is 0 Å². The fraction of sp³-hybridized carbons (Fsp3) is 0.118. The van der Waals surface area contributed by atoms with Crippen molar-refractivity contribution < 1.29 is 0 Å². The third-order valence-electron chi connectivity index (χ3n) is 3.41. The van der Waals surface area contributed by atoms with E-state index in [1.807, 2.05) is 25.1 Å². The molecule has 1 N–H and O–H groups in total. The van der Waals surface area contributed by atoms with Crippen LogP contribution in [0.4, 0.5) is 0 Å². The highest BCUT2D eigenvalue weighted by molar-refractivity contribution is 6.48. The molecule has 0 fully saturated rings. The van der Waals surface area contributed by atoms with Gasteiger partial charge >= 0.3 is 0 Å². The highest BCUT2D eigenvalue weighted by Crippen LogP contribution is 2.35. The van der Waals surface area contributed by atoms with Crippen LogP contribution in [0, 0.1) is 6.92 Å². The first-order valence-corrected chi connectivity index (χ1v) is 7.92. The van der Waals surface area contributed by atoms with E-state index in [0.29, 0.717) is 15.1 Å². The predicted octanol–water partition coefficient (Wildman–Crippen LogP) is 5.94. The molecule has 1 heterocycles. The summed E-state index contributed by atoms with van der Waals surface area (Å²) in [6.45, 7) is 1.98. The first-order valence-electron chi connectivity index (χ1n) is 6.79. The largest absolute Gasteiger partial charge is 0.345 e. The summed E-state index contributed by atoms with van der Waals surface area (Å²) in [5.74, 6) is 0.904. The Hall–Kier alpha value is -1.48. The fourth-order valence-electron chi connectivity index (χ4n) is 2.37. The zero-order valence-electron chi connectivity index (χ0n) is 11.8. The molecule has 3 aromatic rings. The molecule has 22 heavy (non-hydrogen) atoms. The van der Waals surface area contributed by atoms with E-state index >= 15 is 0 Å². The maximum atomic E-state index is 6.10. The number of nitrogens with one attached hydrogen (secondary N) is 1. The third-order valence-corrected chi connectivity index (χ3v) is 4.60. The highest BCUT2D eigenvalue weighted by atomic mass is 35.5. The lowest BCUT2D eigenvalue weighted by molar-refractivity contribution is 1.02. The van der Waals surface area contributed by atoms with Gasteiger partial charge in [0, 0.05) is 17.7 Å². The van der Waals surface area contributed by atoms with E-state index in [-0.39, 0.29) is 0 Å². The summed E-state index contributed by atoms with van der Waals surface area (Å²) in [5, 5.41) is 1.22. The van der Waals surface area contributed by atoms with Crippen LogP contribution >= 0.6 is 34.8 Å². The summed E-state index contributed by atoms with van der Waals surface area (Å²) >= 11 is 18.2. The molecule has 0 saturated carbocycles. The number of benzene rings is 2. The van der Waals surface area contributed by atoms with Crippen molar-refractivity contribution in [1.29, 1.82) is 0 Å². The molecule has 3 rings (SSSR count). The minimum absolute atomic E-state index is 0.366. The third kappa shape index (κ3) is 3.14. The van der Waals surface area contributed by atoms with Gasteiger partial charge in [-0.2, -0.15) is 0 Å². The number of imidazole rings is 1. The Morgan fingerprint density at radius 3 is 2.27 bits per heavy atom. The summed E-state index contributed by atoms with van der Waals surface area (Å²) in [7, 11) is 0. The smallest absolute Gasteiger partial charge is 0.111 e. The first kappa shape index (κ1) is 15.4. The maximum Gasteiger partial charge on any atom is 0.111 e. The molecule has 2 nitrogen and oxygen atoms in total. The van der Waals surface area contributed by atoms with Gasteiger partial charge in [0.15, 0.2) is 0 Å². The van der Waals surface area contributed by atoms with Crippen molar-refractivity contribution in [2.24, 2.45) is 0 Å². The zero-order valence-corrected chi connectivity index (χ0v) is 14.1. The zero-order chi connectivity index (χ0) is 15.7. The molecule has 0 bridgehead atoms. The van der Waals surface area contributed by atoms with Crippen LogP contribution in [0.1, 0.15) is 17.1 Å². The normalized spacial score (nSPS) is 10.9. The molecule has 0 aliphatic carbocycles. The molecule has 2 aromatic carbocycles. The van der Waals surface area contributed by atoms with Gasteiger partial charge in [-0.05, 0) is 24.6 Å². The van der Waals surface area contributed by atoms with E-state index in [1.165, 1.54) is 5.56 Å². The summed E-state index contributed by atoms with van der Waals surface area (Å²) < 4.78 is 0. The molecular weight excluding hydrogens is 339 g/mol. The molecule has 0 atom stereocenters. The molecule has 0 unspecified atom stereocenters. The van der Waals surface area contributed by atoms with Crippen LogP contribution < -0.4 is 0 Å². The monoisotopic (exact) mass is 350 g/mol. The van der Waals surface area contributed by atoms with Crippen molar-refractivity contribution in [1.82, 2.24) is 9.97 Å². The average molecular weight is 352 g/mol. The summed E-state index contributed by atoms with van der Waals surface area (Å²) in [5.41, 5.74) is 3.87. The second-order valence-electron chi connectivity index (χ2n) is 5.07. The Morgan fingerprint density at radius 2 is 1.64 bits per heavy atom. The molecule has 0 radical (unpaired) electrons. The standard InChI is InChI=1S/C17H13Cl3N2/c1-10-17(12-8-13(18)16(20)14(19)9-12)22-15(21-10)7-11-5-3-2-4-6-11/h2-6,8-9H,7H2,1H3,(H,21,22). The molecule has 1 aromatic heterocycles. The van der Waals surface area contributed by atoms with E-state index < -0.39 is 0 Å². The van der Waals surface area contributed by atoms with Crippen LogP contribution in [0.5, 0.6) is 0 Å². The molecule has 0 aliphatic rings. The summed E-state index contributed by atoms with van der Waals surface area (Å²) in [6.07, 6.45) is 0.747. The van der Waals surface area contributed by atoms with Crippen LogP contribution in [0.25, 0.3) is 11.3 Å². The minimum atomic E-state index is 0.366. The predicted molar refractivity (Wildman–Crippen MR) is 93.0 cm³/mol. The second kappa shape index (κ2) is 6.33. The van der Waals surface area contributed by atoms with Gasteiger partial charge in [-0.25, -0.2) is 4.98 Å². The molecule has 112 valence electrons. The Bertz CT molecular complexity index is 787. The molecule has 0 amide bonds. The number of hydrogen-bond donors (Lipinski definition) is 1.